The van der Waals surface area contributed by atoms with Crippen LogP contribution in [0.25, 0.3) is 32.3 Å². The van der Waals surface area contributed by atoms with E-state index in [1.165, 1.54) is 24.3 Å². The Bertz CT molecular complexity index is 1710. The summed E-state index contributed by atoms with van der Waals surface area (Å²) >= 11 is 0. The van der Waals surface area contributed by atoms with Crippen molar-refractivity contribution < 1.29 is 43.6 Å². The zero-order valence-electron chi connectivity index (χ0n) is 15.4. The third-order valence-corrected chi connectivity index (χ3v) is 7.78. The first-order valence-electron chi connectivity index (χ1n) is 8.23. The van der Waals surface area contributed by atoms with Crippen LogP contribution in [0.2, 0.25) is 0 Å². The van der Waals surface area contributed by atoms with Crippen LogP contribution < -0.4 is 5.73 Å². The standard InChI is InChI=1S/C17H13NO10S3/c1-27-28-31(25,26)15-7-14(30(22,23)24)10-3-2-8-12(18)6-13(29(19,20)21)9-4-5-11(15)17(10)16(8)9/h2-7H,18H2,1H3,(H,19,20,21)(H,22,23,24). The topological polar surface area (TPSA) is 187 Å². The fourth-order valence-electron chi connectivity index (χ4n) is 3.68. The molecule has 4 N–H and O–H groups in total. The minimum Gasteiger partial charge on any atom is -0.398 e. The highest BCUT2D eigenvalue weighted by Crippen LogP contribution is 2.44. The maximum absolute atomic E-state index is 12.6. The molecule has 4 aromatic rings. The molecule has 0 fully saturated rings. The Morgan fingerprint density at radius 3 is 1.61 bits per heavy atom. The van der Waals surface area contributed by atoms with Gasteiger partial charge in [-0.15, -0.1) is 4.33 Å². The molecule has 4 rings (SSSR count). The van der Waals surface area contributed by atoms with Gasteiger partial charge in [0, 0.05) is 38.0 Å². The Kier molecular flexibility index (Phi) is 4.68. The molecule has 0 saturated carbocycles. The third-order valence-electron chi connectivity index (χ3n) is 4.80. The number of hydrogen-bond donors (Lipinski definition) is 3. The molecule has 4 aromatic carbocycles. The molecule has 0 aliphatic carbocycles. The van der Waals surface area contributed by atoms with Crippen molar-refractivity contribution in [3.63, 3.8) is 0 Å². The van der Waals surface area contributed by atoms with Crippen molar-refractivity contribution >= 4 is 68.4 Å². The van der Waals surface area contributed by atoms with Crippen LogP contribution in [0.4, 0.5) is 5.69 Å². The molecular weight excluding hydrogens is 474 g/mol. The number of nitrogens with two attached hydrogens (primary N) is 1. The minimum atomic E-state index is -4.93. The summed E-state index contributed by atoms with van der Waals surface area (Å²) in [7, 11) is -13.4. The van der Waals surface area contributed by atoms with Gasteiger partial charge in [0.1, 0.15) is 14.7 Å². The molecule has 0 atom stereocenters. The van der Waals surface area contributed by atoms with E-state index in [4.69, 9.17) is 5.73 Å². The Hall–Kier alpha value is -2.59. The molecular formula is C17H13NO10S3. The first-order valence-corrected chi connectivity index (χ1v) is 12.5. The van der Waals surface area contributed by atoms with Crippen LogP contribution >= 0.6 is 0 Å². The zero-order valence-corrected chi connectivity index (χ0v) is 17.9. The first kappa shape index (κ1) is 21.6. The van der Waals surface area contributed by atoms with Gasteiger partial charge in [-0.3, -0.25) is 9.11 Å². The summed E-state index contributed by atoms with van der Waals surface area (Å²) in [6, 6.07) is 6.89. The normalized spacial score (nSPS) is 13.5. The molecule has 0 spiro atoms. The van der Waals surface area contributed by atoms with Crippen molar-refractivity contribution in [3.8, 4) is 0 Å². The smallest absolute Gasteiger partial charge is 0.323 e. The summed E-state index contributed by atoms with van der Waals surface area (Å²) < 4.78 is 96.7. The van der Waals surface area contributed by atoms with Crippen LogP contribution in [0, 0.1) is 0 Å². The van der Waals surface area contributed by atoms with Gasteiger partial charge in [0.05, 0.1) is 7.11 Å². The SMILES string of the molecule is COOS(=O)(=O)c1cc(S(=O)(=O)O)c2ccc3c(N)cc(S(=O)(=O)O)c4ccc1c2c34. The Balaban J connectivity index is 2.40. The Morgan fingerprint density at radius 2 is 1.13 bits per heavy atom. The first-order chi connectivity index (χ1) is 14.3. The average Bonchev–Trinajstić information content (AvgIpc) is 2.64. The zero-order chi connectivity index (χ0) is 22.9. The molecule has 11 nitrogen and oxygen atoms in total. The van der Waals surface area contributed by atoms with E-state index < -0.39 is 45.0 Å². The Labute approximate surface area is 175 Å². The maximum Gasteiger partial charge on any atom is 0.323 e. The van der Waals surface area contributed by atoms with Crippen LogP contribution in [0.3, 0.4) is 0 Å². The lowest BCUT2D eigenvalue weighted by atomic mass is 9.93. The fourth-order valence-corrected chi connectivity index (χ4v) is 6.15. The highest BCUT2D eigenvalue weighted by atomic mass is 32.2. The number of anilines is 1. The maximum atomic E-state index is 12.6. The number of nitrogen functional groups attached to an aromatic ring is 1. The van der Waals surface area contributed by atoms with Crippen molar-refractivity contribution in [2.24, 2.45) is 0 Å². The highest BCUT2D eigenvalue weighted by Gasteiger charge is 2.29. The van der Waals surface area contributed by atoms with Crippen molar-refractivity contribution in [3.05, 3.63) is 36.4 Å². The van der Waals surface area contributed by atoms with E-state index in [0.717, 1.165) is 13.2 Å². The van der Waals surface area contributed by atoms with Gasteiger partial charge >= 0.3 is 10.1 Å². The van der Waals surface area contributed by atoms with Crippen molar-refractivity contribution in [2.45, 2.75) is 14.7 Å². The summed E-state index contributed by atoms with van der Waals surface area (Å²) in [5, 5.41) is 0.128. The van der Waals surface area contributed by atoms with Gasteiger partial charge in [-0.1, -0.05) is 24.3 Å². The van der Waals surface area contributed by atoms with E-state index in [2.05, 4.69) is 9.22 Å². The average molecular weight is 487 g/mol. The summed E-state index contributed by atoms with van der Waals surface area (Å²) in [4.78, 5) is 2.26. The summed E-state index contributed by atoms with van der Waals surface area (Å²) in [5.74, 6) is 0. The van der Waals surface area contributed by atoms with E-state index in [-0.39, 0.29) is 38.0 Å². The van der Waals surface area contributed by atoms with Gasteiger partial charge in [-0.25, -0.2) is 4.89 Å². The van der Waals surface area contributed by atoms with Crippen LogP contribution in [0.5, 0.6) is 0 Å². The fraction of sp³-hybridized carbons (Fsp3) is 0.0588. The predicted molar refractivity (Wildman–Crippen MR) is 109 cm³/mol. The van der Waals surface area contributed by atoms with Crippen LogP contribution in [0.1, 0.15) is 0 Å². The molecule has 0 heterocycles. The highest BCUT2D eigenvalue weighted by molar-refractivity contribution is 7.87. The molecule has 0 aromatic heterocycles. The predicted octanol–water partition coefficient (Wildman–Crippen LogP) is 1.93. The third kappa shape index (κ3) is 3.28. The number of hydrogen-bond acceptors (Lipinski definition) is 9. The van der Waals surface area contributed by atoms with Crippen molar-refractivity contribution in [1.82, 2.24) is 0 Å². The van der Waals surface area contributed by atoms with Gasteiger partial charge in [0.25, 0.3) is 20.2 Å². The monoisotopic (exact) mass is 487 g/mol. The van der Waals surface area contributed by atoms with Crippen molar-refractivity contribution in [2.75, 3.05) is 12.8 Å². The van der Waals surface area contributed by atoms with Gasteiger partial charge in [0.2, 0.25) is 0 Å². The molecule has 0 aliphatic rings. The second kappa shape index (κ2) is 6.70. The second-order valence-corrected chi connectivity index (χ2v) is 10.8. The molecule has 164 valence electrons. The van der Waals surface area contributed by atoms with Crippen LogP contribution in [-0.4, -0.2) is 41.5 Å². The van der Waals surface area contributed by atoms with E-state index in [9.17, 15) is 34.4 Å². The molecule has 0 amide bonds. The van der Waals surface area contributed by atoms with Crippen LogP contribution in [-0.2, 0) is 39.6 Å². The minimum absolute atomic E-state index is 0.0272. The molecule has 31 heavy (non-hydrogen) atoms. The van der Waals surface area contributed by atoms with E-state index in [1.807, 2.05) is 0 Å². The number of benzene rings is 4. The largest absolute Gasteiger partial charge is 0.398 e. The van der Waals surface area contributed by atoms with Gasteiger partial charge < -0.3 is 5.73 Å². The molecule has 14 heteroatoms. The summed E-state index contributed by atoms with van der Waals surface area (Å²) in [5.41, 5.74) is 5.89. The molecule has 0 unspecified atom stereocenters. The molecule has 0 radical (unpaired) electrons. The van der Waals surface area contributed by atoms with Crippen molar-refractivity contribution in [1.29, 1.82) is 0 Å². The van der Waals surface area contributed by atoms with E-state index in [1.54, 1.807) is 0 Å². The quantitative estimate of drug-likeness (QED) is 0.123. The van der Waals surface area contributed by atoms with E-state index >= 15 is 0 Å². The van der Waals surface area contributed by atoms with Crippen LogP contribution in [0.15, 0.2) is 51.1 Å². The van der Waals surface area contributed by atoms with Gasteiger partial charge in [-0.2, -0.15) is 25.3 Å². The molecule has 0 saturated heterocycles. The number of rotatable bonds is 5. The lowest BCUT2D eigenvalue weighted by Gasteiger charge is -2.18. The molecule has 0 aliphatic heterocycles. The van der Waals surface area contributed by atoms with Gasteiger partial charge in [-0.05, 0) is 12.1 Å². The van der Waals surface area contributed by atoms with Gasteiger partial charge in [0.15, 0.2) is 0 Å². The second-order valence-electron chi connectivity index (χ2n) is 6.55. The summed E-state index contributed by atoms with van der Waals surface area (Å²) in [6.07, 6.45) is 0. The summed E-state index contributed by atoms with van der Waals surface area (Å²) in [6.45, 7) is 0. The lowest BCUT2D eigenvalue weighted by molar-refractivity contribution is -0.172. The van der Waals surface area contributed by atoms with E-state index in [0.29, 0.717) is 6.07 Å². The lowest BCUT2D eigenvalue weighted by Crippen LogP contribution is -2.10. The Morgan fingerprint density at radius 1 is 0.710 bits per heavy atom. The molecule has 0 bridgehead atoms.